The SMILES string of the molecule is NC1CCCCC(N)C1. The van der Waals surface area contributed by atoms with Crippen LogP contribution in [0.5, 0.6) is 0 Å². The molecule has 0 saturated heterocycles. The molecule has 2 nitrogen and oxygen atoms in total. The maximum absolute atomic E-state index is 5.75. The van der Waals surface area contributed by atoms with Gasteiger partial charge in [-0.25, -0.2) is 0 Å². The molecule has 1 saturated carbocycles. The molecule has 1 aliphatic carbocycles. The standard InChI is InChI=1S/C7H16N2/c8-6-3-1-2-4-7(9)5-6/h6-7H,1-5,8-9H2. The molecule has 0 aromatic heterocycles. The molecule has 1 rings (SSSR count). The summed E-state index contributed by atoms with van der Waals surface area (Å²) < 4.78 is 0. The highest BCUT2D eigenvalue weighted by atomic mass is 14.7. The first-order valence-corrected chi connectivity index (χ1v) is 3.80. The van der Waals surface area contributed by atoms with Crippen LogP contribution in [0.15, 0.2) is 0 Å². The van der Waals surface area contributed by atoms with Crippen LogP contribution in [0.2, 0.25) is 0 Å². The molecule has 0 spiro atoms. The molecule has 54 valence electrons. The third kappa shape index (κ3) is 2.33. The van der Waals surface area contributed by atoms with Gasteiger partial charge in [0.2, 0.25) is 0 Å². The zero-order valence-electron chi connectivity index (χ0n) is 5.84. The molecule has 0 aromatic rings. The van der Waals surface area contributed by atoms with E-state index < -0.39 is 0 Å². The van der Waals surface area contributed by atoms with E-state index in [4.69, 9.17) is 11.5 Å². The van der Waals surface area contributed by atoms with Crippen molar-refractivity contribution in [1.29, 1.82) is 0 Å². The van der Waals surface area contributed by atoms with Gasteiger partial charge in [0.1, 0.15) is 0 Å². The van der Waals surface area contributed by atoms with Crippen molar-refractivity contribution in [3.8, 4) is 0 Å². The van der Waals surface area contributed by atoms with Gasteiger partial charge in [-0.1, -0.05) is 12.8 Å². The van der Waals surface area contributed by atoms with Gasteiger partial charge in [-0.05, 0) is 19.3 Å². The van der Waals surface area contributed by atoms with Gasteiger partial charge in [0, 0.05) is 12.1 Å². The molecule has 1 aliphatic rings. The van der Waals surface area contributed by atoms with E-state index in [1.54, 1.807) is 0 Å². The lowest BCUT2D eigenvalue weighted by Gasteiger charge is -2.10. The molecule has 0 bridgehead atoms. The van der Waals surface area contributed by atoms with E-state index in [9.17, 15) is 0 Å². The fraction of sp³-hybridized carbons (Fsp3) is 1.00. The van der Waals surface area contributed by atoms with Crippen molar-refractivity contribution in [1.82, 2.24) is 0 Å². The van der Waals surface area contributed by atoms with Gasteiger partial charge in [0.25, 0.3) is 0 Å². The van der Waals surface area contributed by atoms with Gasteiger partial charge in [-0.2, -0.15) is 0 Å². The molecule has 2 unspecified atom stereocenters. The van der Waals surface area contributed by atoms with E-state index >= 15 is 0 Å². The lowest BCUT2D eigenvalue weighted by atomic mass is 10.1. The van der Waals surface area contributed by atoms with Crippen molar-refractivity contribution < 1.29 is 0 Å². The fourth-order valence-corrected chi connectivity index (χ4v) is 1.44. The van der Waals surface area contributed by atoms with Crippen molar-refractivity contribution in [2.75, 3.05) is 0 Å². The minimum Gasteiger partial charge on any atom is -0.328 e. The molecule has 2 heteroatoms. The molecular weight excluding hydrogens is 112 g/mol. The van der Waals surface area contributed by atoms with Crippen LogP contribution in [0, 0.1) is 0 Å². The maximum Gasteiger partial charge on any atom is 0.00535 e. The summed E-state index contributed by atoms with van der Waals surface area (Å²) in [6.07, 6.45) is 5.92. The van der Waals surface area contributed by atoms with Crippen LogP contribution in [-0.2, 0) is 0 Å². The maximum atomic E-state index is 5.75. The molecule has 0 amide bonds. The van der Waals surface area contributed by atoms with Crippen molar-refractivity contribution in [3.05, 3.63) is 0 Å². The zero-order valence-corrected chi connectivity index (χ0v) is 5.84. The number of hydrogen-bond donors (Lipinski definition) is 2. The van der Waals surface area contributed by atoms with E-state index in [0.29, 0.717) is 12.1 Å². The van der Waals surface area contributed by atoms with Gasteiger partial charge in [0.15, 0.2) is 0 Å². The highest BCUT2D eigenvalue weighted by Gasteiger charge is 2.12. The van der Waals surface area contributed by atoms with E-state index in [2.05, 4.69) is 0 Å². The summed E-state index contributed by atoms with van der Waals surface area (Å²) in [6.45, 7) is 0. The molecule has 0 aliphatic heterocycles. The quantitative estimate of drug-likeness (QED) is 0.469. The summed E-state index contributed by atoms with van der Waals surface area (Å²) in [5.74, 6) is 0. The molecule has 0 heterocycles. The molecule has 9 heavy (non-hydrogen) atoms. The second-order valence-electron chi connectivity index (χ2n) is 3.04. The summed E-state index contributed by atoms with van der Waals surface area (Å²) in [5.41, 5.74) is 11.5. The Hall–Kier alpha value is -0.0800. The van der Waals surface area contributed by atoms with Gasteiger partial charge in [-0.15, -0.1) is 0 Å². The van der Waals surface area contributed by atoms with Gasteiger partial charge < -0.3 is 11.5 Å². The predicted molar refractivity (Wildman–Crippen MR) is 39.0 cm³/mol. The summed E-state index contributed by atoms with van der Waals surface area (Å²) in [6, 6.07) is 0.755. The van der Waals surface area contributed by atoms with Crippen molar-refractivity contribution in [3.63, 3.8) is 0 Å². The predicted octanol–water partition coefficient (Wildman–Crippen LogP) is 0.605. The normalized spacial score (nSPS) is 38.0. The first-order valence-electron chi connectivity index (χ1n) is 3.80. The van der Waals surface area contributed by atoms with Gasteiger partial charge in [0.05, 0.1) is 0 Å². The highest BCUT2D eigenvalue weighted by Crippen LogP contribution is 2.14. The van der Waals surface area contributed by atoms with Crippen molar-refractivity contribution in [2.45, 2.75) is 44.2 Å². The minimum atomic E-state index is 0.377. The highest BCUT2D eigenvalue weighted by molar-refractivity contribution is 4.74. The van der Waals surface area contributed by atoms with E-state index in [1.165, 1.54) is 25.7 Å². The average Bonchev–Trinajstić information content (AvgIpc) is 1.93. The molecule has 4 N–H and O–H groups in total. The topological polar surface area (TPSA) is 52.0 Å². The Morgan fingerprint density at radius 1 is 0.889 bits per heavy atom. The van der Waals surface area contributed by atoms with Crippen LogP contribution in [0.25, 0.3) is 0 Å². The number of nitrogens with two attached hydrogens (primary N) is 2. The van der Waals surface area contributed by atoms with Gasteiger partial charge >= 0.3 is 0 Å². The minimum absolute atomic E-state index is 0.377. The molecule has 0 aromatic carbocycles. The van der Waals surface area contributed by atoms with E-state index in [1.807, 2.05) is 0 Å². The zero-order chi connectivity index (χ0) is 6.69. The molecule has 2 atom stereocenters. The van der Waals surface area contributed by atoms with Crippen LogP contribution in [-0.4, -0.2) is 12.1 Å². The lowest BCUT2D eigenvalue weighted by Crippen LogP contribution is -2.28. The monoisotopic (exact) mass is 128 g/mol. The second kappa shape index (κ2) is 3.18. The fourth-order valence-electron chi connectivity index (χ4n) is 1.44. The first-order chi connectivity index (χ1) is 4.29. The summed E-state index contributed by atoms with van der Waals surface area (Å²) in [5, 5.41) is 0. The van der Waals surface area contributed by atoms with E-state index in [-0.39, 0.29) is 0 Å². The Labute approximate surface area is 56.6 Å². The van der Waals surface area contributed by atoms with Crippen molar-refractivity contribution >= 4 is 0 Å². The number of rotatable bonds is 0. The van der Waals surface area contributed by atoms with Crippen LogP contribution in [0.1, 0.15) is 32.1 Å². The lowest BCUT2D eigenvalue weighted by molar-refractivity contribution is 0.531. The Morgan fingerprint density at radius 2 is 1.33 bits per heavy atom. The first kappa shape index (κ1) is 7.03. The Balaban J connectivity index is 2.29. The largest absolute Gasteiger partial charge is 0.328 e. The summed E-state index contributed by atoms with van der Waals surface area (Å²) >= 11 is 0. The van der Waals surface area contributed by atoms with Crippen LogP contribution in [0.3, 0.4) is 0 Å². The second-order valence-corrected chi connectivity index (χ2v) is 3.04. The molecular formula is C7H16N2. The van der Waals surface area contributed by atoms with Gasteiger partial charge in [-0.3, -0.25) is 0 Å². The van der Waals surface area contributed by atoms with Crippen LogP contribution in [0.4, 0.5) is 0 Å². The molecule has 0 radical (unpaired) electrons. The summed E-state index contributed by atoms with van der Waals surface area (Å²) in [7, 11) is 0. The third-order valence-electron chi connectivity index (χ3n) is 2.01. The Kier molecular flexibility index (Phi) is 2.49. The third-order valence-corrected chi connectivity index (χ3v) is 2.01. The van der Waals surface area contributed by atoms with Crippen LogP contribution < -0.4 is 11.5 Å². The van der Waals surface area contributed by atoms with Crippen molar-refractivity contribution in [2.24, 2.45) is 11.5 Å². The summed E-state index contributed by atoms with van der Waals surface area (Å²) in [4.78, 5) is 0. The molecule has 1 fully saturated rings. The van der Waals surface area contributed by atoms with E-state index in [0.717, 1.165) is 6.42 Å². The smallest absolute Gasteiger partial charge is 0.00535 e. The Morgan fingerprint density at radius 3 is 1.78 bits per heavy atom. The van der Waals surface area contributed by atoms with Crippen LogP contribution >= 0.6 is 0 Å². The number of hydrogen-bond acceptors (Lipinski definition) is 2. The average molecular weight is 128 g/mol. The Bertz CT molecular complexity index is 73.0.